The second-order valence-electron chi connectivity index (χ2n) is 9.57. The molecule has 9 heteroatoms. The van der Waals surface area contributed by atoms with Crippen LogP contribution in [0.15, 0.2) is 61.4 Å². The van der Waals surface area contributed by atoms with Gasteiger partial charge in [0, 0.05) is 37.4 Å². The molecule has 1 saturated heterocycles. The predicted molar refractivity (Wildman–Crippen MR) is 143 cm³/mol. The van der Waals surface area contributed by atoms with Gasteiger partial charge in [0.05, 0.1) is 18.5 Å². The number of aromatic nitrogens is 4. The van der Waals surface area contributed by atoms with Crippen LogP contribution in [0.5, 0.6) is 5.75 Å². The van der Waals surface area contributed by atoms with E-state index in [0.717, 1.165) is 60.6 Å². The highest BCUT2D eigenvalue weighted by molar-refractivity contribution is 5.98. The molecular formula is C28H29N7O2. The minimum Gasteiger partial charge on any atom is -0.497 e. The van der Waals surface area contributed by atoms with E-state index in [2.05, 4.69) is 51.8 Å². The molecule has 2 aromatic heterocycles. The van der Waals surface area contributed by atoms with Crippen LogP contribution >= 0.6 is 0 Å². The van der Waals surface area contributed by atoms with Crippen molar-refractivity contribution in [2.24, 2.45) is 0 Å². The van der Waals surface area contributed by atoms with Crippen LogP contribution in [0.4, 0.5) is 11.5 Å². The molecule has 2 aromatic carbocycles. The number of likely N-dealkylation sites (tertiary alicyclic amines) is 1. The molecule has 6 rings (SSSR count). The van der Waals surface area contributed by atoms with E-state index in [4.69, 9.17) is 15.6 Å². The van der Waals surface area contributed by atoms with E-state index in [-0.39, 0.29) is 11.9 Å². The van der Waals surface area contributed by atoms with Crippen molar-refractivity contribution < 1.29 is 9.53 Å². The molecule has 0 saturated carbocycles. The summed E-state index contributed by atoms with van der Waals surface area (Å²) in [5.74, 6) is 1.19. The van der Waals surface area contributed by atoms with Gasteiger partial charge in [0.1, 0.15) is 23.6 Å². The highest BCUT2D eigenvalue weighted by Gasteiger charge is 2.28. The van der Waals surface area contributed by atoms with Crippen molar-refractivity contribution in [1.29, 1.82) is 0 Å². The number of nitrogens with two attached hydrogens (primary N) is 1. The van der Waals surface area contributed by atoms with Crippen molar-refractivity contribution in [2.75, 3.05) is 30.8 Å². The molecule has 37 heavy (non-hydrogen) atoms. The normalized spacial score (nSPS) is 17.2. The Balaban J connectivity index is 1.35. The number of hydrogen-bond acceptors (Lipinski definition) is 7. The van der Waals surface area contributed by atoms with Gasteiger partial charge in [0.25, 0.3) is 0 Å². The van der Waals surface area contributed by atoms with Crippen molar-refractivity contribution in [3.05, 3.63) is 72.6 Å². The molecule has 1 atom stereocenters. The Kier molecular flexibility index (Phi) is 5.75. The van der Waals surface area contributed by atoms with Gasteiger partial charge in [-0.25, -0.2) is 14.6 Å². The highest BCUT2D eigenvalue weighted by atomic mass is 16.5. The second kappa shape index (κ2) is 9.24. The molecule has 4 aromatic rings. The Labute approximate surface area is 215 Å². The van der Waals surface area contributed by atoms with Gasteiger partial charge in [-0.15, -0.1) is 0 Å². The molecule has 0 radical (unpaired) electrons. The van der Waals surface area contributed by atoms with Gasteiger partial charge in [-0.1, -0.05) is 18.7 Å². The SMILES string of the molecule is C=CC(=O)N1CCC[C@@H](n2nc(-c3ccc4c(c3)CN(c3ccc(OC)cc3)C4)c3c(N)ncnc32)C1. The topological polar surface area (TPSA) is 102 Å². The number of piperidine rings is 1. The van der Waals surface area contributed by atoms with Crippen molar-refractivity contribution >= 4 is 28.4 Å². The third kappa shape index (κ3) is 4.06. The molecule has 2 aliphatic rings. The molecule has 4 heterocycles. The number of ether oxygens (including phenoxy) is 1. The molecule has 0 unspecified atom stereocenters. The summed E-state index contributed by atoms with van der Waals surface area (Å²) in [6.45, 7) is 6.58. The predicted octanol–water partition coefficient (Wildman–Crippen LogP) is 3.95. The number of rotatable bonds is 5. The summed E-state index contributed by atoms with van der Waals surface area (Å²) in [6.07, 6.45) is 4.64. The molecule has 1 fully saturated rings. The zero-order valence-electron chi connectivity index (χ0n) is 20.8. The first-order valence-corrected chi connectivity index (χ1v) is 12.5. The zero-order valence-corrected chi connectivity index (χ0v) is 20.8. The van der Waals surface area contributed by atoms with Crippen LogP contribution in [-0.2, 0) is 17.9 Å². The van der Waals surface area contributed by atoms with Gasteiger partial charge in [-0.2, -0.15) is 5.10 Å². The van der Waals surface area contributed by atoms with Gasteiger partial charge < -0.3 is 20.3 Å². The Morgan fingerprint density at radius 3 is 2.73 bits per heavy atom. The summed E-state index contributed by atoms with van der Waals surface area (Å²) in [4.78, 5) is 25.3. The molecular weight excluding hydrogens is 466 g/mol. The minimum absolute atomic E-state index is 0.00295. The maximum absolute atomic E-state index is 12.3. The summed E-state index contributed by atoms with van der Waals surface area (Å²) >= 11 is 0. The molecule has 2 N–H and O–H groups in total. The van der Waals surface area contributed by atoms with Crippen LogP contribution in [0.25, 0.3) is 22.3 Å². The molecule has 0 bridgehead atoms. The number of hydrogen-bond donors (Lipinski definition) is 1. The number of carbonyl (C=O) groups excluding carboxylic acids is 1. The van der Waals surface area contributed by atoms with Crippen LogP contribution in [-0.4, -0.2) is 50.8 Å². The van der Waals surface area contributed by atoms with Crippen LogP contribution in [0, 0.1) is 0 Å². The fourth-order valence-corrected chi connectivity index (χ4v) is 5.45. The van der Waals surface area contributed by atoms with E-state index >= 15 is 0 Å². The van der Waals surface area contributed by atoms with Crippen molar-refractivity contribution in [3.8, 4) is 17.0 Å². The third-order valence-corrected chi connectivity index (χ3v) is 7.39. The number of anilines is 2. The number of nitrogen functional groups attached to an aromatic ring is 1. The Bertz CT molecular complexity index is 1490. The van der Waals surface area contributed by atoms with Gasteiger partial charge in [0.2, 0.25) is 5.91 Å². The van der Waals surface area contributed by atoms with Crippen LogP contribution in [0.1, 0.15) is 30.0 Å². The quantitative estimate of drug-likeness (QED) is 0.418. The zero-order chi connectivity index (χ0) is 25.5. The second-order valence-corrected chi connectivity index (χ2v) is 9.57. The van der Waals surface area contributed by atoms with Crippen molar-refractivity contribution in [2.45, 2.75) is 32.0 Å². The standard InChI is InChI=1S/C28H29N7O2/c1-3-24(36)33-12-4-5-22(16-33)35-28-25(27(29)30-17-31-28)26(32-35)18-6-7-19-14-34(15-20(19)13-18)21-8-10-23(37-2)11-9-21/h3,6-11,13,17,22H,1,4-5,12,14-16H2,2H3,(H2,29,30,31)/t22-/m1/s1. The molecule has 2 aliphatic heterocycles. The lowest BCUT2D eigenvalue weighted by Crippen LogP contribution is -2.40. The summed E-state index contributed by atoms with van der Waals surface area (Å²) in [7, 11) is 1.68. The van der Waals surface area contributed by atoms with E-state index in [1.54, 1.807) is 7.11 Å². The Hall–Kier alpha value is -4.40. The van der Waals surface area contributed by atoms with E-state index < -0.39 is 0 Å². The number of benzene rings is 2. The average Bonchev–Trinajstić information content (AvgIpc) is 3.55. The van der Waals surface area contributed by atoms with Crippen molar-refractivity contribution in [1.82, 2.24) is 24.6 Å². The van der Waals surface area contributed by atoms with E-state index in [9.17, 15) is 4.79 Å². The van der Waals surface area contributed by atoms with E-state index in [0.29, 0.717) is 18.0 Å². The molecule has 9 nitrogen and oxygen atoms in total. The van der Waals surface area contributed by atoms with Gasteiger partial charge >= 0.3 is 0 Å². The summed E-state index contributed by atoms with van der Waals surface area (Å²) < 4.78 is 7.23. The monoisotopic (exact) mass is 495 g/mol. The third-order valence-electron chi connectivity index (χ3n) is 7.39. The fourth-order valence-electron chi connectivity index (χ4n) is 5.45. The number of carbonyl (C=O) groups is 1. The van der Waals surface area contributed by atoms with Gasteiger partial charge in [-0.05, 0) is 60.4 Å². The average molecular weight is 496 g/mol. The fraction of sp³-hybridized carbons (Fsp3) is 0.286. The lowest BCUT2D eigenvalue weighted by atomic mass is 10.0. The van der Waals surface area contributed by atoms with Crippen LogP contribution in [0.3, 0.4) is 0 Å². The van der Waals surface area contributed by atoms with E-state index in [1.165, 1.54) is 23.5 Å². The largest absolute Gasteiger partial charge is 0.497 e. The Morgan fingerprint density at radius 1 is 1.14 bits per heavy atom. The minimum atomic E-state index is -0.0597. The number of nitrogens with zero attached hydrogens (tertiary/aromatic N) is 6. The lowest BCUT2D eigenvalue weighted by molar-refractivity contribution is -0.127. The van der Waals surface area contributed by atoms with Crippen LogP contribution in [0.2, 0.25) is 0 Å². The molecule has 1 amide bonds. The molecule has 188 valence electrons. The molecule has 0 spiro atoms. The first kappa shape index (κ1) is 23.0. The first-order valence-electron chi connectivity index (χ1n) is 12.5. The number of amides is 1. The van der Waals surface area contributed by atoms with Crippen molar-refractivity contribution in [3.63, 3.8) is 0 Å². The first-order chi connectivity index (χ1) is 18.1. The van der Waals surface area contributed by atoms with E-state index in [1.807, 2.05) is 21.7 Å². The van der Waals surface area contributed by atoms with Gasteiger partial charge in [0.15, 0.2) is 5.65 Å². The smallest absolute Gasteiger partial charge is 0.246 e. The number of fused-ring (bicyclic) bond motifs is 2. The molecule has 0 aliphatic carbocycles. The maximum Gasteiger partial charge on any atom is 0.246 e. The summed E-state index contributed by atoms with van der Waals surface area (Å²) in [6, 6.07) is 14.6. The van der Waals surface area contributed by atoms with Gasteiger partial charge in [-0.3, -0.25) is 4.79 Å². The summed E-state index contributed by atoms with van der Waals surface area (Å²) in [5.41, 5.74) is 12.5. The highest BCUT2D eigenvalue weighted by Crippen LogP contribution is 2.37. The summed E-state index contributed by atoms with van der Waals surface area (Å²) in [5, 5.41) is 5.78. The Morgan fingerprint density at radius 2 is 1.95 bits per heavy atom. The number of methoxy groups -OCH3 is 1. The van der Waals surface area contributed by atoms with Crippen LogP contribution < -0.4 is 15.4 Å². The maximum atomic E-state index is 12.3. The lowest BCUT2D eigenvalue weighted by Gasteiger charge is -2.32.